The zero-order valence-electron chi connectivity index (χ0n) is 15.1. The molecule has 1 rings (SSSR count). The maximum Gasteiger partial charge on any atom is 0.408 e. The summed E-state index contributed by atoms with van der Waals surface area (Å²) >= 11 is 1.28. The molecule has 0 saturated carbocycles. The van der Waals surface area contributed by atoms with Crippen molar-refractivity contribution in [1.29, 1.82) is 5.41 Å². The molecule has 0 heterocycles. The number of carbonyl (C=O) groups excluding carboxylic acids is 1. The summed E-state index contributed by atoms with van der Waals surface area (Å²) < 4.78 is 5.13. The second-order valence-electron chi connectivity index (χ2n) is 6.44. The number of nitrogens with zero attached hydrogens (tertiary/aromatic N) is 1. The Labute approximate surface area is 152 Å². The van der Waals surface area contributed by atoms with Crippen LogP contribution in [-0.2, 0) is 16.0 Å². The molecule has 0 aromatic heterocycles. The number of rotatable bonds is 5. The molecule has 1 atom stereocenters. The first-order valence-electron chi connectivity index (χ1n) is 7.71. The van der Waals surface area contributed by atoms with E-state index < -0.39 is 23.7 Å². The van der Waals surface area contributed by atoms with Gasteiger partial charge >= 0.3 is 12.1 Å². The van der Waals surface area contributed by atoms with Crippen LogP contribution in [0.4, 0.5) is 10.5 Å². The minimum atomic E-state index is -1.15. The summed E-state index contributed by atoms with van der Waals surface area (Å²) in [4.78, 5) is 25.1. The van der Waals surface area contributed by atoms with Gasteiger partial charge in [0, 0.05) is 19.2 Å². The van der Waals surface area contributed by atoms with Crippen LogP contribution in [-0.4, -0.2) is 47.3 Å². The first kappa shape index (κ1) is 20.8. The van der Waals surface area contributed by atoms with Gasteiger partial charge in [-0.3, -0.25) is 5.41 Å². The largest absolute Gasteiger partial charge is 0.480 e. The third kappa shape index (κ3) is 6.66. The Hall–Kier alpha value is -2.22. The van der Waals surface area contributed by atoms with E-state index in [1.54, 1.807) is 51.1 Å². The van der Waals surface area contributed by atoms with Crippen molar-refractivity contribution in [1.82, 2.24) is 5.32 Å². The van der Waals surface area contributed by atoms with Crippen molar-refractivity contribution in [2.24, 2.45) is 0 Å². The second kappa shape index (κ2) is 8.75. The maximum atomic E-state index is 11.9. The summed E-state index contributed by atoms with van der Waals surface area (Å²) in [6.45, 7) is 5.13. The molecule has 0 fully saturated rings. The average Bonchev–Trinajstić information content (AvgIpc) is 2.51. The van der Waals surface area contributed by atoms with E-state index in [0.717, 1.165) is 5.69 Å². The molecule has 138 valence electrons. The number of amides is 1. The zero-order chi connectivity index (χ0) is 19.2. The van der Waals surface area contributed by atoms with Crippen LogP contribution in [0.5, 0.6) is 0 Å². The van der Waals surface area contributed by atoms with Crippen molar-refractivity contribution in [2.75, 3.05) is 18.2 Å². The van der Waals surface area contributed by atoms with Gasteiger partial charge in [0.05, 0.1) is 0 Å². The van der Waals surface area contributed by atoms with Crippen molar-refractivity contribution < 1.29 is 19.4 Å². The molecular weight excluding hydrogens is 342 g/mol. The number of benzene rings is 1. The number of nitrogens with one attached hydrogen (secondary N) is 2. The molecule has 25 heavy (non-hydrogen) atoms. The predicted octanol–water partition coefficient (Wildman–Crippen LogP) is 2.94. The molecule has 1 unspecified atom stereocenters. The average molecular weight is 367 g/mol. The van der Waals surface area contributed by atoms with Crippen LogP contribution in [0.1, 0.15) is 26.3 Å². The number of para-hydroxylation sites is 1. The number of hydrogen-bond acceptors (Lipinski definition) is 5. The van der Waals surface area contributed by atoms with E-state index in [1.807, 2.05) is 12.1 Å². The normalized spacial score (nSPS) is 12.2. The maximum absolute atomic E-state index is 11.9. The lowest BCUT2D eigenvalue weighted by atomic mass is 10.0. The monoisotopic (exact) mass is 367 g/mol. The van der Waals surface area contributed by atoms with Gasteiger partial charge < -0.3 is 20.1 Å². The molecule has 3 N–H and O–H groups in total. The Morgan fingerprint density at radius 1 is 1.36 bits per heavy atom. The van der Waals surface area contributed by atoms with Gasteiger partial charge in [0.15, 0.2) is 5.17 Å². The van der Waals surface area contributed by atoms with Crippen molar-refractivity contribution in [3.8, 4) is 0 Å². The number of aliphatic carboxylic acids is 1. The van der Waals surface area contributed by atoms with Crippen LogP contribution in [0, 0.1) is 5.41 Å². The van der Waals surface area contributed by atoms with Crippen LogP contribution in [0.3, 0.4) is 0 Å². The number of carboxylic acid groups (broad SMARTS) is 1. The number of alkyl carbamates (subject to hydrolysis) is 1. The first-order chi connectivity index (χ1) is 11.5. The van der Waals surface area contributed by atoms with Crippen LogP contribution < -0.4 is 10.2 Å². The highest BCUT2D eigenvalue weighted by atomic mass is 32.2. The molecular formula is C17H25N3O4S. The number of carboxylic acids is 1. The summed E-state index contributed by atoms with van der Waals surface area (Å²) in [5.41, 5.74) is 0.727. The van der Waals surface area contributed by atoms with Crippen LogP contribution in [0.15, 0.2) is 24.3 Å². The number of amidine groups is 1. The highest BCUT2D eigenvalue weighted by Gasteiger charge is 2.25. The molecule has 8 heteroatoms. The topological polar surface area (TPSA) is 103 Å². The Bertz CT molecular complexity index is 643. The van der Waals surface area contributed by atoms with E-state index in [4.69, 9.17) is 10.1 Å². The molecule has 0 aliphatic rings. The van der Waals surface area contributed by atoms with E-state index in [0.29, 0.717) is 10.7 Å². The molecule has 0 saturated heterocycles. The summed E-state index contributed by atoms with van der Waals surface area (Å²) in [6, 6.07) is 6.08. The standard InChI is InChI=1S/C17H25N3O4S/c1-17(2,3)24-16(23)19-12(14(21)22)10-11-8-6-7-9-13(11)20(4)15(18)25-5/h6-9,12,18H,10H2,1-5H3,(H,19,23)(H,21,22). The Balaban J connectivity index is 2.98. The minimum Gasteiger partial charge on any atom is -0.480 e. The van der Waals surface area contributed by atoms with Crippen LogP contribution >= 0.6 is 11.8 Å². The fourth-order valence-corrected chi connectivity index (χ4v) is 2.50. The van der Waals surface area contributed by atoms with Crippen molar-refractivity contribution in [2.45, 2.75) is 38.8 Å². The number of thioether (sulfide) groups is 1. The molecule has 0 aliphatic heterocycles. The SMILES string of the molecule is CSC(=N)N(C)c1ccccc1CC(NC(=O)OC(C)(C)C)C(=O)O. The van der Waals surface area contributed by atoms with Crippen LogP contribution in [0.25, 0.3) is 0 Å². The summed E-state index contributed by atoms with van der Waals surface area (Å²) in [7, 11) is 1.74. The Morgan fingerprint density at radius 3 is 2.48 bits per heavy atom. The highest BCUT2D eigenvalue weighted by Crippen LogP contribution is 2.23. The number of ether oxygens (including phenoxy) is 1. The van der Waals surface area contributed by atoms with E-state index in [-0.39, 0.29) is 6.42 Å². The van der Waals surface area contributed by atoms with Gasteiger partial charge in [0.1, 0.15) is 11.6 Å². The van der Waals surface area contributed by atoms with E-state index >= 15 is 0 Å². The molecule has 0 spiro atoms. The molecule has 1 aromatic rings. The lowest BCUT2D eigenvalue weighted by Crippen LogP contribution is -2.44. The lowest BCUT2D eigenvalue weighted by molar-refractivity contribution is -0.139. The van der Waals surface area contributed by atoms with Gasteiger partial charge in [0.25, 0.3) is 0 Å². The quantitative estimate of drug-likeness (QED) is 0.546. The van der Waals surface area contributed by atoms with E-state index in [1.165, 1.54) is 11.8 Å². The number of hydrogen-bond donors (Lipinski definition) is 3. The fraction of sp³-hybridized carbons (Fsp3) is 0.471. The third-order valence-corrected chi connectivity index (χ3v) is 3.92. The summed E-state index contributed by atoms with van der Waals surface area (Å²) in [5, 5.41) is 20.1. The Morgan fingerprint density at radius 2 is 1.96 bits per heavy atom. The molecule has 7 nitrogen and oxygen atoms in total. The van der Waals surface area contributed by atoms with Crippen LogP contribution in [0.2, 0.25) is 0 Å². The predicted molar refractivity (Wildman–Crippen MR) is 101 cm³/mol. The fourth-order valence-electron chi connectivity index (χ4n) is 2.13. The molecule has 0 radical (unpaired) electrons. The minimum absolute atomic E-state index is 0.0801. The number of carbonyl (C=O) groups is 2. The highest BCUT2D eigenvalue weighted by molar-refractivity contribution is 8.13. The molecule has 0 aliphatic carbocycles. The van der Waals surface area contributed by atoms with E-state index in [9.17, 15) is 14.7 Å². The van der Waals surface area contributed by atoms with Gasteiger partial charge in [-0.2, -0.15) is 0 Å². The lowest BCUT2D eigenvalue weighted by Gasteiger charge is -2.24. The van der Waals surface area contributed by atoms with Gasteiger partial charge in [-0.05, 0) is 38.7 Å². The van der Waals surface area contributed by atoms with Gasteiger partial charge in [0.2, 0.25) is 0 Å². The summed E-state index contributed by atoms with van der Waals surface area (Å²) in [5.74, 6) is -1.15. The summed E-state index contributed by atoms with van der Waals surface area (Å²) in [6.07, 6.45) is 1.10. The van der Waals surface area contributed by atoms with Gasteiger partial charge in [-0.25, -0.2) is 9.59 Å². The smallest absolute Gasteiger partial charge is 0.408 e. The van der Waals surface area contributed by atoms with E-state index in [2.05, 4.69) is 5.32 Å². The van der Waals surface area contributed by atoms with Crippen molar-refractivity contribution >= 4 is 34.7 Å². The third-order valence-electron chi connectivity index (χ3n) is 3.26. The van der Waals surface area contributed by atoms with Crippen molar-refractivity contribution in [3.63, 3.8) is 0 Å². The van der Waals surface area contributed by atoms with Crippen molar-refractivity contribution in [3.05, 3.63) is 29.8 Å². The molecule has 1 aromatic carbocycles. The first-order valence-corrected chi connectivity index (χ1v) is 8.94. The number of anilines is 1. The van der Waals surface area contributed by atoms with Gasteiger partial charge in [-0.15, -0.1) is 0 Å². The second-order valence-corrected chi connectivity index (χ2v) is 7.23. The molecule has 0 bridgehead atoms. The Kier molecular flexibility index (Phi) is 7.29. The van der Waals surface area contributed by atoms with Gasteiger partial charge in [-0.1, -0.05) is 30.0 Å². The zero-order valence-corrected chi connectivity index (χ0v) is 15.9. The molecule has 1 amide bonds.